The van der Waals surface area contributed by atoms with E-state index in [9.17, 15) is 52.7 Å². The molecule has 0 radical (unpaired) electrons. The highest BCUT2D eigenvalue weighted by Gasteiger charge is 2.73. The molecule has 0 fully saturated rings. The topological polar surface area (TPSA) is 0 Å². The summed E-state index contributed by atoms with van der Waals surface area (Å²) in [5.74, 6) is -18.6. The van der Waals surface area contributed by atoms with Crippen LogP contribution in [0.3, 0.4) is 0 Å². The Morgan fingerprint density at radius 1 is 0.421 bits per heavy atom. The molecule has 0 unspecified atom stereocenters. The van der Waals surface area contributed by atoms with Gasteiger partial charge in [-0.3, -0.25) is 0 Å². The summed E-state index contributed by atoms with van der Waals surface area (Å²) < 4.78 is 143. The summed E-state index contributed by atoms with van der Waals surface area (Å²) >= 11 is 0. The molecule has 0 heterocycles. The van der Waals surface area contributed by atoms with Gasteiger partial charge in [0.05, 0.1) is 0 Å². The van der Waals surface area contributed by atoms with Crippen molar-refractivity contribution in [2.45, 2.75) is 43.0 Å². The van der Waals surface area contributed by atoms with Crippen LogP contribution in [0.25, 0.3) is 0 Å². The monoisotopic (exact) mass is 316 g/mol. The van der Waals surface area contributed by atoms with Crippen molar-refractivity contribution in [3.63, 3.8) is 0 Å². The van der Waals surface area contributed by atoms with Gasteiger partial charge in [0.15, 0.2) is 0 Å². The first-order valence-electron chi connectivity index (χ1n) is 4.22. The van der Waals surface area contributed by atoms with E-state index in [2.05, 4.69) is 0 Å². The molecule has 0 saturated heterocycles. The second kappa shape index (κ2) is 4.62. The second-order valence-electron chi connectivity index (χ2n) is 3.48. The lowest BCUT2D eigenvalue weighted by molar-refractivity contribution is -0.360. The van der Waals surface area contributed by atoms with Crippen molar-refractivity contribution < 1.29 is 52.7 Å². The van der Waals surface area contributed by atoms with Gasteiger partial charge in [-0.05, 0) is 0 Å². The van der Waals surface area contributed by atoms with Crippen molar-refractivity contribution in [3.05, 3.63) is 0 Å². The van der Waals surface area contributed by atoms with E-state index < -0.39 is 43.0 Å². The molecule has 0 aromatic carbocycles. The third kappa shape index (κ3) is 3.59. The number of hydrogen-bond donors (Lipinski definition) is 0. The minimum absolute atomic E-state index is 2.89. The van der Waals surface area contributed by atoms with Crippen LogP contribution in [0, 0.1) is 0 Å². The molecule has 0 amide bonds. The fourth-order valence-corrected chi connectivity index (χ4v) is 0.820. The van der Waals surface area contributed by atoms with E-state index in [4.69, 9.17) is 0 Å². The number of halogens is 12. The van der Waals surface area contributed by atoms with Crippen molar-refractivity contribution in [2.24, 2.45) is 0 Å². The molecule has 0 saturated carbocycles. The molecule has 0 aromatic rings. The molecular weight excluding hydrogens is 312 g/mol. The average molecular weight is 316 g/mol. The molecule has 116 valence electrons. The zero-order valence-electron chi connectivity index (χ0n) is 8.45. The Labute approximate surface area is 96.9 Å². The number of rotatable bonds is 4. The fourth-order valence-electron chi connectivity index (χ4n) is 0.820. The van der Waals surface area contributed by atoms with Gasteiger partial charge in [0, 0.05) is 12.8 Å². The quantitative estimate of drug-likeness (QED) is 0.654. The summed E-state index contributed by atoms with van der Waals surface area (Å²) in [5, 5.41) is 0. The van der Waals surface area contributed by atoms with Crippen LogP contribution < -0.4 is 0 Å². The first-order valence-corrected chi connectivity index (χ1v) is 4.22. The summed E-state index contributed by atoms with van der Waals surface area (Å²) in [6, 6.07) is 0. The maximum absolute atomic E-state index is 12.4. The Morgan fingerprint density at radius 2 is 0.737 bits per heavy atom. The van der Waals surface area contributed by atoms with Gasteiger partial charge >= 0.3 is 30.1 Å². The highest BCUT2D eigenvalue weighted by molar-refractivity contribution is 4.92. The van der Waals surface area contributed by atoms with Crippen molar-refractivity contribution in [1.82, 2.24) is 0 Å². The molecule has 0 atom stereocenters. The minimum Gasteiger partial charge on any atom is -0.199 e. The van der Waals surface area contributed by atoms with E-state index in [0.29, 0.717) is 0 Å². The summed E-state index contributed by atoms with van der Waals surface area (Å²) in [7, 11) is 0. The largest absolute Gasteiger partial charge is 0.459 e. The van der Waals surface area contributed by atoms with E-state index in [1.54, 1.807) is 0 Å². The van der Waals surface area contributed by atoms with Crippen LogP contribution in [0.2, 0.25) is 0 Å². The Hall–Kier alpha value is -0.840. The first-order chi connectivity index (χ1) is 7.96. The van der Waals surface area contributed by atoms with Crippen LogP contribution in [0.15, 0.2) is 0 Å². The predicted octanol–water partition coefficient (Wildman–Crippen LogP) is 4.80. The van der Waals surface area contributed by atoms with E-state index >= 15 is 0 Å². The zero-order valence-corrected chi connectivity index (χ0v) is 8.45. The molecule has 0 aliphatic carbocycles. The Kier molecular flexibility index (Phi) is 4.41. The van der Waals surface area contributed by atoms with Crippen LogP contribution in [0.5, 0.6) is 0 Å². The van der Waals surface area contributed by atoms with E-state index in [0.717, 1.165) is 0 Å². The van der Waals surface area contributed by atoms with Gasteiger partial charge in [0.1, 0.15) is 0 Å². The standard InChI is InChI=1S/C7H4F12/c8-3(9,5(12,13)7(17,18)19)1-2-4(10,11)6(14,15)16/h1-2H2. The molecule has 19 heavy (non-hydrogen) atoms. The van der Waals surface area contributed by atoms with Gasteiger partial charge in [0.25, 0.3) is 0 Å². The van der Waals surface area contributed by atoms with Crippen LogP contribution in [0.4, 0.5) is 52.7 Å². The lowest BCUT2D eigenvalue weighted by Gasteiger charge is -2.29. The molecule has 0 nitrogen and oxygen atoms in total. The molecule has 0 N–H and O–H groups in total. The maximum atomic E-state index is 12.4. The van der Waals surface area contributed by atoms with Crippen LogP contribution in [-0.4, -0.2) is 30.1 Å². The second-order valence-corrected chi connectivity index (χ2v) is 3.48. The molecule has 0 rings (SSSR count). The Morgan fingerprint density at radius 3 is 1.00 bits per heavy atom. The lowest BCUT2D eigenvalue weighted by Crippen LogP contribution is -2.52. The molecule has 0 aliphatic heterocycles. The third-order valence-corrected chi connectivity index (χ3v) is 1.98. The summed E-state index contributed by atoms with van der Waals surface area (Å²) in [6.07, 6.45) is -19.0. The first kappa shape index (κ1) is 18.2. The van der Waals surface area contributed by atoms with Crippen LogP contribution in [-0.2, 0) is 0 Å². The van der Waals surface area contributed by atoms with Gasteiger partial charge in [-0.25, -0.2) is 0 Å². The summed E-state index contributed by atoms with van der Waals surface area (Å²) in [5.41, 5.74) is 0. The van der Waals surface area contributed by atoms with Gasteiger partial charge in [-0.1, -0.05) is 0 Å². The average Bonchev–Trinajstić information content (AvgIpc) is 2.11. The van der Waals surface area contributed by atoms with Gasteiger partial charge < -0.3 is 0 Å². The predicted molar refractivity (Wildman–Crippen MR) is 36.2 cm³/mol. The summed E-state index contributed by atoms with van der Waals surface area (Å²) in [4.78, 5) is 0. The van der Waals surface area contributed by atoms with Crippen molar-refractivity contribution >= 4 is 0 Å². The normalized spacial score (nSPS) is 15.8. The Bertz CT molecular complexity index is 307. The molecule has 12 heteroatoms. The molecular formula is C7H4F12. The number of alkyl halides is 12. The smallest absolute Gasteiger partial charge is 0.199 e. The highest BCUT2D eigenvalue weighted by Crippen LogP contribution is 2.50. The van der Waals surface area contributed by atoms with Gasteiger partial charge in [0.2, 0.25) is 0 Å². The fraction of sp³-hybridized carbons (Fsp3) is 1.00. The zero-order chi connectivity index (χ0) is 15.9. The minimum atomic E-state index is -6.77. The van der Waals surface area contributed by atoms with Crippen molar-refractivity contribution in [1.29, 1.82) is 0 Å². The molecule has 0 bridgehead atoms. The molecule has 0 spiro atoms. The highest BCUT2D eigenvalue weighted by atomic mass is 19.4. The number of hydrogen-bond acceptors (Lipinski definition) is 0. The van der Waals surface area contributed by atoms with Gasteiger partial charge in [-0.15, -0.1) is 0 Å². The van der Waals surface area contributed by atoms with Crippen molar-refractivity contribution in [3.8, 4) is 0 Å². The molecule has 0 aliphatic rings. The van der Waals surface area contributed by atoms with E-state index in [1.165, 1.54) is 0 Å². The Balaban J connectivity index is 5.01. The maximum Gasteiger partial charge on any atom is 0.459 e. The van der Waals surface area contributed by atoms with Gasteiger partial charge in [-0.2, -0.15) is 52.7 Å². The van der Waals surface area contributed by atoms with E-state index in [-0.39, 0.29) is 0 Å². The van der Waals surface area contributed by atoms with Crippen molar-refractivity contribution in [2.75, 3.05) is 0 Å². The SMILES string of the molecule is FC(F)(F)C(F)(F)CCC(F)(F)C(F)(F)C(F)(F)F. The van der Waals surface area contributed by atoms with E-state index in [1.807, 2.05) is 0 Å². The summed E-state index contributed by atoms with van der Waals surface area (Å²) in [6.45, 7) is 0. The molecule has 0 aromatic heterocycles. The van der Waals surface area contributed by atoms with Crippen LogP contribution >= 0.6 is 0 Å². The lowest BCUT2D eigenvalue weighted by atomic mass is 10.0. The third-order valence-electron chi connectivity index (χ3n) is 1.98. The van der Waals surface area contributed by atoms with Crippen LogP contribution in [0.1, 0.15) is 12.8 Å².